The number of carbonyl (C=O) groups is 1. The summed E-state index contributed by atoms with van der Waals surface area (Å²) in [4.78, 5) is 16.6. The third-order valence-corrected chi connectivity index (χ3v) is 4.18. The zero-order valence-electron chi connectivity index (χ0n) is 11.9. The van der Waals surface area contributed by atoms with Gasteiger partial charge in [-0.2, -0.15) is 0 Å². The van der Waals surface area contributed by atoms with Gasteiger partial charge in [0.1, 0.15) is 5.82 Å². The van der Waals surface area contributed by atoms with Crippen molar-refractivity contribution < 1.29 is 4.79 Å². The second-order valence-corrected chi connectivity index (χ2v) is 5.65. The van der Waals surface area contributed by atoms with Gasteiger partial charge >= 0.3 is 0 Å². The van der Waals surface area contributed by atoms with Gasteiger partial charge in [0.25, 0.3) is 0 Å². The van der Waals surface area contributed by atoms with Gasteiger partial charge in [-0.15, -0.1) is 0 Å². The summed E-state index contributed by atoms with van der Waals surface area (Å²) in [5.41, 5.74) is 2.04. The van der Waals surface area contributed by atoms with Gasteiger partial charge < -0.3 is 9.88 Å². The Labute approximate surface area is 119 Å². The number of hydrogen-bond donors (Lipinski definition) is 1. The van der Waals surface area contributed by atoms with Crippen molar-refractivity contribution in [1.29, 1.82) is 0 Å². The van der Waals surface area contributed by atoms with Gasteiger partial charge in [-0.25, -0.2) is 4.98 Å². The molecule has 0 unspecified atom stereocenters. The van der Waals surface area contributed by atoms with Crippen LogP contribution in [0.2, 0.25) is 0 Å². The molecule has 0 saturated heterocycles. The molecule has 1 N–H and O–H groups in total. The van der Waals surface area contributed by atoms with Gasteiger partial charge in [0.2, 0.25) is 0 Å². The maximum absolute atomic E-state index is 12.1. The summed E-state index contributed by atoms with van der Waals surface area (Å²) in [6.45, 7) is 0.466. The van der Waals surface area contributed by atoms with Crippen LogP contribution >= 0.6 is 0 Å². The summed E-state index contributed by atoms with van der Waals surface area (Å²) < 4.78 is 2.02. The van der Waals surface area contributed by atoms with Crippen LogP contribution in [0, 0.1) is 0 Å². The highest BCUT2D eigenvalue weighted by atomic mass is 16.1. The minimum absolute atomic E-state index is 0.218. The molecule has 0 radical (unpaired) electrons. The summed E-state index contributed by atoms with van der Waals surface area (Å²) >= 11 is 0. The third-order valence-electron chi connectivity index (χ3n) is 4.18. The quantitative estimate of drug-likeness (QED) is 0.907. The molecule has 3 rings (SSSR count). The highest BCUT2D eigenvalue weighted by Crippen LogP contribution is 2.17. The number of nitrogens with zero attached hydrogens (tertiary/aromatic N) is 2. The van der Waals surface area contributed by atoms with Crippen molar-refractivity contribution >= 4 is 16.8 Å². The van der Waals surface area contributed by atoms with E-state index in [4.69, 9.17) is 0 Å². The first-order valence-electron chi connectivity index (χ1n) is 7.39. The minimum atomic E-state index is 0.218. The van der Waals surface area contributed by atoms with Crippen LogP contribution in [0.4, 0.5) is 0 Å². The van der Waals surface area contributed by atoms with E-state index < -0.39 is 0 Å². The van der Waals surface area contributed by atoms with Crippen molar-refractivity contribution in [3.8, 4) is 0 Å². The fourth-order valence-corrected chi connectivity index (χ4v) is 2.98. The number of rotatable bonds is 5. The SMILES string of the molecule is Cn1c(CC(=O)CNC2CCCC2)nc2ccccc21. The van der Waals surface area contributed by atoms with Gasteiger partial charge in [0, 0.05) is 13.1 Å². The topological polar surface area (TPSA) is 46.9 Å². The van der Waals surface area contributed by atoms with E-state index >= 15 is 0 Å². The molecule has 4 heteroatoms. The molecular formula is C16H21N3O. The van der Waals surface area contributed by atoms with Gasteiger partial charge in [-0.3, -0.25) is 4.79 Å². The standard InChI is InChI=1S/C16H21N3O/c1-19-15-9-5-4-8-14(15)18-16(19)10-13(20)11-17-12-6-2-3-7-12/h4-5,8-9,12,17H,2-3,6-7,10-11H2,1H3. The van der Waals surface area contributed by atoms with Crippen LogP contribution in [0.25, 0.3) is 11.0 Å². The van der Waals surface area contributed by atoms with Crippen LogP contribution in [0.5, 0.6) is 0 Å². The largest absolute Gasteiger partial charge is 0.331 e. The Balaban J connectivity index is 1.63. The lowest BCUT2D eigenvalue weighted by molar-refractivity contribution is -0.117. The highest BCUT2D eigenvalue weighted by Gasteiger charge is 2.16. The van der Waals surface area contributed by atoms with Gasteiger partial charge in [0.05, 0.1) is 24.0 Å². The van der Waals surface area contributed by atoms with E-state index in [-0.39, 0.29) is 5.78 Å². The number of aromatic nitrogens is 2. The molecule has 1 aliphatic rings. The maximum Gasteiger partial charge on any atom is 0.154 e. The van der Waals surface area contributed by atoms with Gasteiger partial charge in [0.15, 0.2) is 5.78 Å². The molecule has 0 amide bonds. The van der Waals surface area contributed by atoms with Crippen LogP contribution in [-0.4, -0.2) is 27.9 Å². The van der Waals surface area contributed by atoms with Crippen molar-refractivity contribution in [2.45, 2.75) is 38.1 Å². The zero-order chi connectivity index (χ0) is 13.9. The average molecular weight is 271 g/mol. The van der Waals surface area contributed by atoms with Crippen LogP contribution < -0.4 is 5.32 Å². The van der Waals surface area contributed by atoms with Crippen molar-refractivity contribution in [1.82, 2.24) is 14.9 Å². The van der Waals surface area contributed by atoms with Gasteiger partial charge in [-0.1, -0.05) is 25.0 Å². The minimum Gasteiger partial charge on any atom is -0.331 e. The number of carbonyl (C=O) groups excluding carboxylic acids is 1. The first-order valence-corrected chi connectivity index (χ1v) is 7.39. The molecule has 0 bridgehead atoms. The summed E-state index contributed by atoms with van der Waals surface area (Å²) in [6.07, 6.45) is 5.40. The fraction of sp³-hybridized carbons (Fsp3) is 0.500. The Kier molecular flexibility index (Phi) is 3.83. The molecule has 0 spiro atoms. The number of imidazole rings is 1. The predicted octanol–water partition coefficient (Wildman–Crippen LogP) is 2.22. The number of hydrogen-bond acceptors (Lipinski definition) is 3. The van der Waals surface area contributed by atoms with Crippen LogP contribution in [0.3, 0.4) is 0 Å². The zero-order valence-corrected chi connectivity index (χ0v) is 11.9. The molecule has 0 atom stereocenters. The molecule has 0 aliphatic heterocycles. The maximum atomic E-state index is 12.1. The number of ketones is 1. The molecule has 4 nitrogen and oxygen atoms in total. The molecule has 2 aromatic rings. The molecule has 1 aromatic carbocycles. The van der Waals surface area contributed by atoms with E-state index in [1.54, 1.807) is 0 Å². The van der Waals surface area contributed by atoms with Crippen LogP contribution in [-0.2, 0) is 18.3 Å². The second-order valence-electron chi connectivity index (χ2n) is 5.65. The lowest BCUT2D eigenvalue weighted by Crippen LogP contribution is -2.32. The Hall–Kier alpha value is -1.68. The number of nitrogens with one attached hydrogen (secondary N) is 1. The highest BCUT2D eigenvalue weighted by molar-refractivity contribution is 5.84. The van der Waals surface area contributed by atoms with Crippen molar-refractivity contribution in [2.75, 3.05) is 6.54 Å². The smallest absolute Gasteiger partial charge is 0.154 e. The fourth-order valence-electron chi connectivity index (χ4n) is 2.98. The molecule has 1 heterocycles. The Bertz CT molecular complexity index is 611. The van der Waals surface area contributed by atoms with E-state index in [2.05, 4.69) is 10.3 Å². The normalized spacial score (nSPS) is 16.1. The van der Waals surface area contributed by atoms with Crippen molar-refractivity contribution in [2.24, 2.45) is 7.05 Å². The number of Topliss-reactive ketones (excluding diaryl/α,β-unsaturated/α-hetero) is 1. The number of para-hydroxylation sites is 2. The van der Waals surface area contributed by atoms with E-state index in [9.17, 15) is 4.79 Å². The van der Waals surface area contributed by atoms with Crippen LogP contribution in [0.1, 0.15) is 31.5 Å². The number of benzene rings is 1. The third kappa shape index (κ3) is 2.75. The molecule has 1 fully saturated rings. The summed E-state index contributed by atoms with van der Waals surface area (Å²) in [5.74, 6) is 1.07. The lowest BCUT2D eigenvalue weighted by Gasteiger charge is -2.10. The van der Waals surface area contributed by atoms with Crippen molar-refractivity contribution in [3.63, 3.8) is 0 Å². The first-order chi connectivity index (χ1) is 9.74. The number of aryl methyl sites for hydroxylation is 1. The lowest BCUT2D eigenvalue weighted by atomic mass is 10.2. The Morgan fingerprint density at radius 3 is 2.85 bits per heavy atom. The molecule has 1 saturated carbocycles. The van der Waals surface area contributed by atoms with E-state index in [0.29, 0.717) is 19.0 Å². The first kappa shape index (κ1) is 13.3. The Morgan fingerprint density at radius 1 is 1.35 bits per heavy atom. The van der Waals surface area contributed by atoms with Crippen molar-refractivity contribution in [3.05, 3.63) is 30.1 Å². The molecule has 106 valence electrons. The van der Waals surface area contributed by atoms with E-state index in [1.165, 1.54) is 25.7 Å². The Morgan fingerprint density at radius 2 is 2.10 bits per heavy atom. The monoisotopic (exact) mass is 271 g/mol. The average Bonchev–Trinajstić information content (AvgIpc) is 3.07. The molecular weight excluding hydrogens is 250 g/mol. The van der Waals surface area contributed by atoms with E-state index in [0.717, 1.165) is 16.9 Å². The van der Waals surface area contributed by atoms with Gasteiger partial charge in [-0.05, 0) is 25.0 Å². The summed E-state index contributed by atoms with van der Waals surface area (Å²) in [6, 6.07) is 8.53. The molecule has 20 heavy (non-hydrogen) atoms. The molecule has 1 aromatic heterocycles. The predicted molar refractivity (Wildman–Crippen MR) is 79.7 cm³/mol. The van der Waals surface area contributed by atoms with Crippen LogP contribution in [0.15, 0.2) is 24.3 Å². The summed E-state index contributed by atoms with van der Waals surface area (Å²) in [7, 11) is 1.97. The summed E-state index contributed by atoms with van der Waals surface area (Å²) in [5, 5.41) is 3.37. The second kappa shape index (κ2) is 5.75. The molecule has 1 aliphatic carbocycles. The number of fused-ring (bicyclic) bond motifs is 1. The van der Waals surface area contributed by atoms with E-state index in [1.807, 2.05) is 35.9 Å².